The summed E-state index contributed by atoms with van der Waals surface area (Å²) in [4.78, 5) is 2.29. The molecule has 1 aliphatic rings. The summed E-state index contributed by atoms with van der Waals surface area (Å²) >= 11 is 0. The van der Waals surface area contributed by atoms with Gasteiger partial charge in [0.15, 0.2) is 0 Å². The smallest absolute Gasteiger partial charge is 0.244 e. The standard InChI is InChI=1S/C28H31N3O4S/c1-22-10-12-23(13-11-22)21-35-27(24-7-5-8-26(18-24)34-2)20-30-14-16-31(17-15-30)36(32,33)28-9-4-3-6-25(28)19-29/h3-13,18,27H,14-17,20-21H2,1-2H3/t27-/m0/s1. The second kappa shape index (κ2) is 11.7. The maximum atomic E-state index is 13.2. The van der Waals surface area contributed by atoms with E-state index in [9.17, 15) is 13.7 Å². The molecule has 7 nitrogen and oxygen atoms in total. The van der Waals surface area contributed by atoms with Gasteiger partial charge in [0, 0.05) is 32.7 Å². The number of nitrogens with zero attached hydrogens (tertiary/aromatic N) is 3. The summed E-state index contributed by atoms with van der Waals surface area (Å²) in [6.45, 7) is 5.01. The molecule has 0 unspecified atom stereocenters. The Morgan fingerprint density at radius 1 is 0.972 bits per heavy atom. The highest BCUT2D eigenvalue weighted by Gasteiger charge is 2.31. The van der Waals surface area contributed by atoms with Crippen LogP contribution < -0.4 is 4.74 Å². The number of hydrogen-bond acceptors (Lipinski definition) is 6. The first-order valence-corrected chi connectivity index (χ1v) is 13.4. The quantitative estimate of drug-likeness (QED) is 0.435. The molecule has 0 saturated carbocycles. The molecule has 1 saturated heterocycles. The van der Waals surface area contributed by atoms with Gasteiger partial charge in [-0.15, -0.1) is 0 Å². The Bertz CT molecular complexity index is 1310. The number of nitriles is 1. The Hall–Kier alpha value is -3.22. The van der Waals surface area contributed by atoms with E-state index in [1.54, 1.807) is 19.2 Å². The number of ether oxygens (including phenoxy) is 2. The number of methoxy groups -OCH3 is 1. The first kappa shape index (κ1) is 25.9. The molecular weight excluding hydrogens is 474 g/mol. The third-order valence-electron chi connectivity index (χ3n) is 6.42. The van der Waals surface area contributed by atoms with Gasteiger partial charge in [-0.1, -0.05) is 54.1 Å². The van der Waals surface area contributed by atoms with E-state index in [0.29, 0.717) is 39.3 Å². The zero-order valence-electron chi connectivity index (χ0n) is 20.6. The van der Waals surface area contributed by atoms with Crippen molar-refractivity contribution in [3.05, 3.63) is 95.1 Å². The van der Waals surface area contributed by atoms with E-state index in [2.05, 4.69) is 36.1 Å². The number of sulfonamides is 1. The van der Waals surface area contributed by atoms with Crippen molar-refractivity contribution in [1.29, 1.82) is 5.26 Å². The molecule has 1 heterocycles. The van der Waals surface area contributed by atoms with Crippen LogP contribution in [0, 0.1) is 18.3 Å². The van der Waals surface area contributed by atoms with Crippen LogP contribution in [0.3, 0.4) is 0 Å². The maximum Gasteiger partial charge on any atom is 0.244 e. The van der Waals surface area contributed by atoms with Gasteiger partial charge >= 0.3 is 0 Å². The zero-order valence-corrected chi connectivity index (χ0v) is 21.4. The van der Waals surface area contributed by atoms with E-state index in [-0.39, 0.29) is 16.6 Å². The van der Waals surface area contributed by atoms with Crippen LogP contribution in [-0.2, 0) is 21.4 Å². The molecule has 36 heavy (non-hydrogen) atoms. The van der Waals surface area contributed by atoms with Crippen LogP contribution in [0.5, 0.6) is 5.75 Å². The molecule has 0 aromatic heterocycles. The number of hydrogen-bond donors (Lipinski definition) is 0. The van der Waals surface area contributed by atoms with Crippen molar-refractivity contribution in [3.8, 4) is 11.8 Å². The normalized spacial score (nSPS) is 15.8. The van der Waals surface area contributed by atoms with Gasteiger partial charge in [-0.05, 0) is 42.3 Å². The van der Waals surface area contributed by atoms with E-state index in [4.69, 9.17) is 9.47 Å². The van der Waals surface area contributed by atoms with Crippen LogP contribution >= 0.6 is 0 Å². The maximum absolute atomic E-state index is 13.2. The van der Waals surface area contributed by atoms with E-state index in [0.717, 1.165) is 16.9 Å². The Morgan fingerprint density at radius 2 is 1.69 bits per heavy atom. The lowest BCUT2D eigenvalue weighted by molar-refractivity contribution is 0.00762. The minimum absolute atomic E-state index is 0.0663. The summed E-state index contributed by atoms with van der Waals surface area (Å²) in [6.07, 6.45) is -0.205. The number of benzene rings is 3. The van der Waals surface area contributed by atoms with Crippen molar-refractivity contribution in [1.82, 2.24) is 9.21 Å². The predicted octanol–water partition coefficient (Wildman–Crippen LogP) is 4.14. The molecule has 3 aromatic rings. The van der Waals surface area contributed by atoms with Gasteiger partial charge in [-0.25, -0.2) is 8.42 Å². The molecule has 0 aliphatic carbocycles. The van der Waals surface area contributed by atoms with Gasteiger partial charge < -0.3 is 9.47 Å². The molecule has 1 fully saturated rings. The molecule has 4 rings (SSSR count). The molecular formula is C28H31N3O4S. The van der Waals surface area contributed by atoms with Crippen LogP contribution in [0.15, 0.2) is 77.7 Å². The largest absolute Gasteiger partial charge is 0.497 e. The second-order valence-corrected chi connectivity index (χ2v) is 10.8. The predicted molar refractivity (Wildman–Crippen MR) is 138 cm³/mol. The van der Waals surface area contributed by atoms with Crippen molar-refractivity contribution in [2.24, 2.45) is 0 Å². The highest BCUT2D eigenvalue weighted by Crippen LogP contribution is 2.26. The Morgan fingerprint density at radius 3 is 2.39 bits per heavy atom. The van der Waals surface area contributed by atoms with Crippen LogP contribution in [0.1, 0.15) is 28.4 Å². The summed E-state index contributed by atoms with van der Waals surface area (Å²) in [5.41, 5.74) is 3.48. The SMILES string of the molecule is COc1cccc([C@H](CN2CCN(S(=O)(=O)c3ccccc3C#N)CC2)OCc2ccc(C)cc2)c1. The average molecular weight is 506 g/mol. The topological polar surface area (TPSA) is 82.9 Å². The van der Waals surface area contributed by atoms with Crippen LogP contribution in [0.2, 0.25) is 0 Å². The lowest BCUT2D eigenvalue weighted by Gasteiger charge is -2.36. The van der Waals surface area contributed by atoms with Crippen molar-refractivity contribution in [2.45, 2.75) is 24.5 Å². The van der Waals surface area contributed by atoms with E-state index in [1.165, 1.54) is 22.0 Å². The summed E-state index contributed by atoms with van der Waals surface area (Å²) in [6, 6.07) is 24.5. The minimum Gasteiger partial charge on any atom is -0.497 e. The Balaban J connectivity index is 1.45. The molecule has 0 N–H and O–H groups in total. The fraction of sp³-hybridized carbons (Fsp3) is 0.321. The Kier molecular flexibility index (Phi) is 8.39. The third kappa shape index (κ3) is 6.12. The summed E-state index contributed by atoms with van der Waals surface area (Å²) in [5, 5.41) is 9.35. The van der Waals surface area contributed by atoms with Crippen LogP contribution in [-0.4, -0.2) is 57.5 Å². The molecule has 3 aromatic carbocycles. The van der Waals surface area contributed by atoms with Gasteiger partial charge in [0.25, 0.3) is 0 Å². The minimum atomic E-state index is -3.73. The fourth-order valence-electron chi connectivity index (χ4n) is 4.29. The molecule has 0 bridgehead atoms. The van der Waals surface area contributed by atoms with Gasteiger partial charge in [0.05, 0.1) is 30.3 Å². The van der Waals surface area contributed by atoms with Crippen molar-refractivity contribution >= 4 is 10.0 Å². The summed E-state index contributed by atoms with van der Waals surface area (Å²) in [7, 11) is -2.09. The van der Waals surface area contributed by atoms with Crippen LogP contribution in [0.4, 0.5) is 0 Å². The van der Waals surface area contributed by atoms with E-state index in [1.807, 2.05) is 30.3 Å². The van der Waals surface area contributed by atoms with E-state index < -0.39 is 10.0 Å². The summed E-state index contributed by atoms with van der Waals surface area (Å²) < 4.78 is 39.6. The molecule has 1 atom stereocenters. The van der Waals surface area contributed by atoms with Crippen molar-refractivity contribution in [3.63, 3.8) is 0 Å². The summed E-state index contributed by atoms with van der Waals surface area (Å²) in [5.74, 6) is 0.767. The van der Waals surface area contributed by atoms with Crippen LogP contribution in [0.25, 0.3) is 0 Å². The average Bonchev–Trinajstić information content (AvgIpc) is 2.92. The highest BCUT2D eigenvalue weighted by atomic mass is 32.2. The fourth-order valence-corrected chi connectivity index (χ4v) is 5.85. The molecule has 0 radical (unpaired) electrons. The first-order chi connectivity index (χ1) is 17.4. The molecule has 1 aliphatic heterocycles. The van der Waals surface area contributed by atoms with Gasteiger partial charge in [0.2, 0.25) is 10.0 Å². The number of piperazine rings is 1. The third-order valence-corrected chi connectivity index (χ3v) is 8.37. The van der Waals surface area contributed by atoms with E-state index >= 15 is 0 Å². The van der Waals surface area contributed by atoms with Gasteiger partial charge in [-0.3, -0.25) is 4.90 Å². The van der Waals surface area contributed by atoms with Gasteiger partial charge in [-0.2, -0.15) is 9.57 Å². The molecule has 188 valence electrons. The lowest BCUT2D eigenvalue weighted by Crippen LogP contribution is -2.49. The van der Waals surface area contributed by atoms with Crippen molar-refractivity contribution < 1.29 is 17.9 Å². The monoisotopic (exact) mass is 505 g/mol. The number of rotatable bonds is 9. The highest BCUT2D eigenvalue weighted by molar-refractivity contribution is 7.89. The Labute approximate surface area is 213 Å². The number of aryl methyl sites for hydroxylation is 1. The molecule has 0 amide bonds. The van der Waals surface area contributed by atoms with Gasteiger partial charge in [0.1, 0.15) is 11.8 Å². The zero-order chi connectivity index (χ0) is 25.5. The lowest BCUT2D eigenvalue weighted by atomic mass is 10.1. The molecule has 0 spiro atoms. The first-order valence-electron chi connectivity index (χ1n) is 11.9. The van der Waals surface area contributed by atoms with Crippen molar-refractivity contribution in [2.75, 3.05) is 39.8 Å². The second-order valence-electron chi connectivity index (χ2n) is 8.87. The molecule has 8 heteroatoms.